The fourth-order valence-corrected chi connectivity index (χ4v) is 3.19. The molecule has 98 valence electrons. The molecule has 1 heterocycles. The van der Waals surface area contributed by atoms with E-state index in [1.165, 1.54) is 15.3 Å². The summed E-state index contributed by atoms with van der Waals surface area (Å²) < 4.78 is 0. The number of nitrogens with one attached hydrogen (secondary N) is 1. The summed E-state index contributed by atoms with van der Waals surface area (Å²) in [6.07, 6.45) is 2.03. The number of hydrogen-bond donors (Lipinski definition) is 2. The van der Waals surface area contributed by atoms with Crippen LogP contribution in [0.15, 0.2) is 6.07 Å². The molecular formula is C14H25NOS. The third-order valence-corrected chi connectivity index (χ3v) is 4.36. The van der Waals surface area contributed by atoms with Crippen LogP contribution < -0.4 is 5.32 Å². The van der Waals surface area contributed by atoms with Gasteiger partial charge in [-0.2, -0.15) is 0 Å². The van der Waals surface area contributed by atoms with Gasteiger partial charge in [0.25, 0.3) is 0 Å². The van der Waals surface area contributed by atoms with E-state index < -0.39 is 0 Å². The fraction of sp³-hybridized carbons (Fsp3) is 0.714. The van der Waals surface area contributed by atoms with Crippen LogP contribution in [0, 0.1) is 19.8 Å². The lowest BCUT2D eigenvalue weighted by molar-refractivity contribution is 0.249. The molecule has 1 aromatic heterocycles. The van der Waals surface area contributed by atoms with Gasteiger partial charge in [-0.25, -0.2) is 0 Å². The van der Waals surface area contributed by atoms with Crippen LogP contribution in [0.1, 0.15) is 48.0 Å². The Balaban J connectivity index is 2.49. The van der Waals surface area contributed by atoms with Crippen molar-refractivity contribution in [3.05, 3.63) is 21.4 Å². The molecule has 2 unspecified atom stereocenters. The number of aryl methyl sites for hydroxylation is 2. The van der Waals surface area contributed by atoms with Crippen LogP contribution in [0.3, 0.4) is 0 Å². The summed E-state index contributed by atoms with van der Waals surface area (Å²) in [4.78, 5) is 2.80. The Morgan fingerprint density at radius 1 is 1.41 bits per heavy atom. The Kier molecular flexibility index (Phi) is 6.17. The lowest BCUT2D eigenvalue weighted by Gasteiger charge is -2.19. The maximum absolute atomic E-state index is 8.97. The van der Waals surface area contributed by atoms with Crippen LogP contribution in [0.4, 0.5) is 0 Å². The lowest BCUT2D eigenvalue weighted by Crippen LogP contribution is -2.26. The molecule has 0 saturated carbocycles. The van der Waals surface area contributed by atoms with Crippen molar-refractivity contribution in [1.82, 2.24) is 5.32 Å². The molecule has 0 bridgehead atoms. The highest BCUT2D eigenvalue weighted by Gasteiger charge is 2.12. The van der Waals surface area contributed by atoms with Gasteiger partial charge >= 0.3 is 0 Å². The van der Waals surface area contributed by atoms with E-state index >= 15 is 0 Å². The molecule has 0 aliphatic rings. The number of hydrogen-bond acceptors (Lipinski definition) is 3. The second-order valence-electron chi connectivity index (χ2n) is 4.79. The van der Waals surface area contributed by atoms with Crippen LogP contribution in [-0.4, -0.2) is 18.3 Å². The Morgan fingerprint density at radius 3 is 2.59 bits per heavy atom. The van der Waals surface area contributed by atoms with E-state index in [0.29, 0.717) is 18.6 Å². The van der Waals surface area contributed by atoms with Gasteiger partial charge in [-0.05, 0) is 51.3 Å². The first-order chi connectivity index (χ1) is 8.08. The SMILES string of the molecule is CCC(CCO)CNC(C)c1cc(C)sc1C. The van der Waals surface area contributed by atoms with Crippen molar-refractivity contribution in [3.8, 4) is 0 Å². The zero-order valence-corrected chi connectivity index (χ0v) is 12.2. The van der Waals surface area contributed by atoms with Crippen molar-refractivity contribution >= 4 is 11.3 Å². The van der Waals surface area contributed by atoms with Gasteiger partial charge in [0.15, 0.2) is 0 Å². The zero-order chi connectivity index (χ0) is 12.8. The maximum atomic E-state index is 8.97. The normalized spacial score (nSPS) is 14.9. The van der Waals surface area contributed by atoms with E-state index in [1.807, 2.05) is 11.3 Å². The highest BCUT2D eigenvalue weighted by molar-refractivity contribution is 7.12. The molecule has 2 N–H and O–H groups in total. The quantitative estimate of drug-likeness (QED) is 0.782. The Hall–Kier alpha value is -0.380. The molecule has 0 radical (unpaired) electrons. The summed E-state index contributed by atoms with van der Waals surface area (Å²) in [6.45, 7) is 10.1. The van der Waals surface area contributed by atoms with E-state index in [0.717, 1.165) is 19.4 Å². The second-order valence-corrected chi connectivity index (χ2v) is 6.25. The molecule has 1 rings (SSSR count). The topological polar surface area (TPSA) is 32.3 Å². The Labute approximate surface area is 109 Å². The molecule has 0 aromatic carbocycles. The predicted molar refractivity (Wildman–Crippen MR) is 75.7 cm³/mol. The van der Waals surface area contributed by atoms with E-state index in [-0.39, 0.29) is 0 Å². The van der Waals surface area contributed by atoms with Crippen molar-refractivity contribution in [3.63, 3.8) is 0 Å². The van der Waals surface area contributed by atoms with Crippen molar-refractivity contribution in [2.45, 2.75) is 46.6 Å². The van der Waals surface area contributed by atoms with Gasteiger partial charge in [-0.1, -0.05) is 13.3 Å². The number of aliphatic hydroxyl groups is 1. The van der Waals surface area contributed by atoms with E-state index in [9.17, 15) is 0 Å². The molecule has 0 fully saturated rings. The monoisotopic (exact) mass is 255 g/mol. The lowest BCUT2D eigenvalue weighted by atomic mass is 10.0. The first kappa shape index (κ1) is 14.7. The second kappa shape index (κ2) is 7.14. The first-order valence-corrected chi connectivity index (χ1v) is 7.31. The molecule has 0 saturated heterocycles. The average molecular weight is 255 g/mol. The smallest absolute Gasteiger partial charge is 0.0434 e. The van der Waals surface area contributed by atoms with Gasteiger partial charge in [-0.15, -0.1) is 11.3 Å². The maximum Gasteiger partial charge on any atom is 0.0434 e. The molecule has 0 aliphatic heterocycles. The van der Waals surface area contributed by atoms with Crippen LogP contribution in [-0.2, 0) is 0 Å². The van der Waals surface area contributed by atoms with Crippen LogP contribution >= 0.6 is 11.3 Å². The van der Waals surface area contributed by atoms with Gasteiger partial charge in [-0.3, -0.25) is 0 Å². The molecule has 2 atom stereocenters. The molecule has 3 heteroatoms. The van der Waals surface area contributed by atoms with Gasteiger partial charge in [0, 0.05) is 22.4 Å². The molecule has 0 spiro atoms. The van der Waals surface area contributed by atoms with Gasteiger partial charge in [0.1, 0.15) is 0 Å². The zero-order valence-electron chi connectivity index (χ0n) is 11.4. The van der Waals surface area contributed by atoms with E-state index in [2.05, 4.69) is 39.1 Å². The Bertz CT molecular complexity index is 335. The third-order valence-electron chi connectivity index (χ3n) is 3.37. The minimum Gasteiger partial charge on any atom is -0.396 e. The van der Waals surface area contributed by atoms with Crippen LogP contribution in [0.2, 0.25) is 0 Å². The summed E-state index contributed by atoms with van der Waals surface area (Å²) in [5.41, 5.74) is 1.42. The average Bonchev–Trinajstić information content (AvgIpc) is 2.63. The number of aliphatic hydroxyl groups excluding tert-OH is 1. The highest BCUT2D eigenvalue weighted by atomic mass is 32.1. The van der Waals surface area contributed by atoms with Crippen LogP contribution in [0.25, 0.3) is 0 Å². The van der Waals surface area contributed by atoms with Gasteiger partial charge in [0.05, 0.1) is 0 Å². The molecule has 0 amide bonds. The summed E-state index contributed by atoms with van der Waals surface area (Å²) in [5.74, 6) is 0.586. The number of thiophene rings is 1. The molecule has 2 nitrogen and oxygen atoms in total. The molecule has 1 aromatic rings. The van der Waals surface area contributed by atoms with Crippen molar-refractivity contribution in [1.29, 1.82) is 0 Å². The summed E-state index contributed by atoms with van der Waals surface area (Å²) in [5, 5.41) is 12.6. The minimum absolute atomic E-state index is 0.297. The van der Waals surface area contributed by atoms with E-state index in [1.54, 1.807) is 0 Å². The van der Waals surface area contributed by atoms with Gasteiger partial charge in [0.2, 0.25) is 0 Å². The summed E-state index contributed by atoms with van der Waals surface area (Å²) in [7, 11) is 0. The number of rotatable bonds is 7. The summed E-state index contributed by atoms with van der Waals surface area (Å²) >= 11 is 1.87. The minimum atomic E-state index is 0.297. The van der Waals surface area contributed by atoms with Crippen molar-refractivity contribution in [2.75, 3.05) is 13.2 Å². The first-order valence-electron chi connectivity index (χ1n) is 6.49. The van der Waals surface area contributed by atoms with E-state index in [4.69, 9.17) is 5.11 Å². The molecular weight excluding hydrogens is 230 g/mol. The standard InChI is InChI=1S/C14H25NOS/c1-5-13(6-7-16)9-15-11(3)14-8-10(2)17-12(14)4/h8,11,13,15-16H,5-7,9H2,1-4H3. The summed E-state index contributed by atoms with van der Waals surface area (Å²) in [6, 6.07) is 2.69. The fourth-order valence-electron chi connectivity index (χ4n) is 2.17. The van der Waals surface area contributed by atoms with Crippen LogP contribution in [0.5, 0.6) is 0 Å². The van der Waals surface area contributed by atoms with Crippen molar-refractivity contribution in [2.24, 2.45) is 5.92 Å². The third kappa shape index (κ3) is 4.41. The highest BCUT2D eigenvalue weighted by Crippen LogP contribution is 2.26. The predicted octanol–water partition coefficient (Wildman–Crippen LogP) is 3.42. The molecule has 0 aliphatic carbocycles. The van der Waals surface area contributed by atoms with Crippen molar-refractivity contribution < 1.29 is 5.11 Å². The largest absolute Gasteiger partial charge is 0.396 e. The molecule has 17 heavy (non-hydrogen) atoms. The van der Waals surface area contributed by atoms with Gasteiger partial charge < -0.3 is 10.4 Å². The Morgan fingerprint density at radius 2 is 2.12 bits per heavy atom.